The first-order valence-electron chi connectivity index (χ1n) is 8.52. The highest BCUT2D eigenvalue weighted by Gasteiger charge is 2.14. The van der Waals surface area contributed by atoms with Crippen molar-refractivity contribution in [1.29, 1.82) is 0 Å². The molecule has 1 N–H and O–H groups in total. The number of aromatic nitrogens is 2. The molecule has 0 amide bonds. The lowest BCUT2D eigenvalue weighted by atomic mass is 10.1. The zero-order valence-electron chi connectivity index (χ0n) is 14.2. The third-order valence-corrected chi connectivity index (χ3v) is 4.07. The van der Waals surface area contributed by atoms with E-state index >= 15 is 0 Å². The highest BCUT2D eigenvalue weighted by atomic mass is 16.5. The van der Waals surface area contributed by atoms with Gasteiger partial charge in [-0.25, -0.2) is 4.98 Å². The zero-order valence-corrected chi connectivity index (χ0v) is 14.2. The number of carbonyl (C=O) groups excluding carboxylic acids is 1. The van der Waals surface area contributed by atoms with E-state index in [-0.39, 0.29) is 12.5 Å². The van der Waals surface area contributed by atoms with Crippen LogP contribution in [0.15, 0.2) is 36.4 Å². The van der Waals surface area contributed by atoms with Gasteiger partial charge >= 0.3 is 5.97 Å². The number of hydrogen-bond donors (Lipinski definition) is 1. The van der Waals surface area contributed by atoms with Gasteiger partial charge < -0.3 is 14.6 Å². The molecule has 0 saturated carbocycles. The van der Waals surface area contributed by atoms with Crippen molar-refractivity contribution in [2.24, 2.45) is 0 Å². The minimum atomic E-state index is -0.267. The molecule has 0 unspecified atom stereocenters. The van der Waals surface area contributed by atoms with Crippen LogP contribution in [0.5, 0.6) is 0 Å². The van der Waals surface area contributed by atoms with E-state index in [2.05, 4.69) is 41.1 Å². The highest BCUT2D eigenvalue weighted by molar-refractivity contribution is 6.05. The van der Waals surface area contributed by atoms with Crippen molar-refractivity contribution in [3.8, 4) is 0 Å². The first-order valence-corrected chi connectivity index (χ1v) is 8.52. The predicted molar refractivity (Wildman–Crippen MR) is 97.3 cm³/mol. The molecule has 3 rings (SSSR count). The lowest BCUT2D eigenvalue weighted by Gasteiger charge is -2.10. The van der Waals surface area contributed by atoms with Gasteiger partial charge in [0.05, 0.1) is 17.6 Å². The van der Waals surface area contributed by atoms with Gasteiger partial charge in [-0.2, -0.15) is 0 Å². The summed E-state index contributed by atoms with van der Waals surface area (Å²) >= 11 is 0. The van der Waals surface area contributed by atoms with Crippen LogP contribution in [-0.4, -0.2) is 28.7 Å². The average Bonchev–Trinajstić information content (AvgIpc) is 2.96. The van der Waals surface area contributed by atoms with Gasteiger partial charge in [0, 0.05) is 11.9 Å². The normalized spacial score (nSPS) is 11.1. The molecule has 0 bridgehead atoms. The van der Waals surface area contributed by atoms with Gasteiger partial charge in [-0.05, 0) is 24.8 Å². The summed E-state index contributed by atoms with van der Waals surface area (Å²) in [4.78, 5) is 16.4. The molecule has 0 aliphatic carbocycles. The lowest BCUT2D eigenvalue weighted by Crippen LogP contribution is -2.19. The summed E-state index contributed by atoms with van der Waals surface area (Å²) in [6, 6.07) is 12.5. The summed E-state index contributed by atoms with van der Waals surface area (Å²) in [5.74, 6) is 0.458. The Bertz CT molecular complexity index is 854. The lowest BCUT2D eigenvalue weighted by molar-refractivity contribution is -0.140. The molecule has 5 heteroatoms. The summed E-state index contributed by atoms with van der Waals surface area (Å²) in [6.45, 7) is 5.36. The predicted octanol–water partition coefficient (Wildman–Crippen LogP) is 3.96. The summed E-state index contributed by atoms with van der Waals surface area (Å²) in [5.41, 5.74) is 2.06. The molecule has 0 radical (unpaired) electrons. The summed E-state index contributed by atoms with van der Waals surface area (Å²) in [5, 5.41) is 5.44. The molecule has 0 aliphatic heterocycles. The van der Waals surface area contributed by atoms with Crippen molar-refractivity contribution in [2.75, 3.05) is 18.5 Å². The van der Waals surface area contributed by atoms with Gasteiger partial charge in [0.25, 0.3) is 0 Å². The van der Waals surface area contributed by atoms with Crippen LogP contribution in [0.3, 0.4) is 0 Å². The molecule has 126 valence electrons. The fraction of sp³-hybridized carbons (Fsp3) is 0.368. The van der Waals surface area contributed by atoms with Gasteiger partial charge in [0.2, 0.25) is 5.95 Å². The number of fused-ring (bicyclic) bond motifs is 3. The molecule has 0 spiro atoms. The third kappa shape index (κ3) is 3.20. The molecule has 1 heterocycles. The topological polar surface area (TPSA) is 56.2 Å². The molecule has 0 saturated heterocycles. The quantitative estimate of drug-likeness (QED) is 0.668. The Morgan fingerprint density at radius 3 is 2.83 bits per heavy atom. The van der Waals surface area contributed by atoms with Crippen LogP contribution in [0.25, 0.3) is 21.8 Å². The van der Waals surface area contributed by atoms with Gasteiger partial charge in [-0.1, -0.05) is 43.7 Å². The second-order valence-corrected chi connectivity index (χ2v) is 5.75. The Kier molecular flexibility index (Phi) is 4.99. The molecule has 2 aromatic carbocycles. The van der Waals surface area contributed by atoms with Crippen molar-refractivity contribution in [1.82, 2.24) is 9.55 Å². The molecule has 24 heavy (non-hydrogen) atoms. The van der Waals surface area contributed by atoms with Crippen LogP contribution in [-0.2, 0) is 16.1 Å². The maximum absolute atomic E-state index is 11.6. The second kappa shape index (κ2) is 7.34. The number of aryl methyl sites for hydroxylation is 1. The maximum Gasteiger partial charge on any atom is 0.325 e. The number of imidazole rings is 1. The SMILES string of the molecule is CCCCn1c(NCC(=O)OCC)nc2c3ccccc3ccc21. The van der Waals surface area contributed by atoms with Crippen molar-refractivity contribution >= 4 is 33.7 Å². The number of rotatable bonds is 7. The first kappa shape index (κ1) is 16.3. The number of unbranched alkanes of at least 4 members (excludes halogenated alkanes) is 1. The van der Waals surface area contributed by atoms with Gasteiger partial charge in [0.15, 0.2) is 0 Å². The number of benzene rings is 2. The minimum Gasteiger partial charge on any atom is -0.465 e. The number of carbonyl (C=O) groups is 1. The van der Waals surface area contributed by atoms with Crippen LogP contribution in [0.4, 0.5) is 5.95 Å². The van der Waals surface area contributed by atoms with E-state index in [4.69, 9.17) is 9.72 Å². The summed E-state index contributed by atoms with van der Waals surface area (Å²) in [6.07, 6.45) is 2.16. The van der Waals surface area contributed by atoms with Gasteiger partial charge in [-0.15, -0.1) is 0 Å². The standard InChI is InChI=1S/C19H23N3O2/c1-3-5-12-22-16-11-10-14-8-6-7-9-15(14)18(16)21-19(22)20-13-17(23)24-4-2/h6-11H,3-5,12-13H2,1-2H3,(H,20,21). The van der Waals surface area contributed by atoms with Crippen LogP contribution in [0.2, 0.25) is 0 Å². The number of esters is 1. The molecule has 0 atom stereocenters. The maximum atomic E-state index is 11.6. The van der Waals surface area contributed by atoms with E-state index in [1.54, 1.807) is 6.92 Å². The smallest absolute Gasteiger partial charge is 0.325 e. The molecule has 0 aliphatic rings. The van der Waals surface area contributed by atoms with Crippen LogP contribution >= 0.6 is 0 Å². The number of nitrogens with one attached hydrogen (secondary N) is 1. The summed E-state index contributed by atoms with van der Waals surface area (Å²) in [7, 11) is 0. The van der Waals surface area contributed by atoms with E-state index in [1.807, 2.05) is 12.1 Å². The average molecular weight is 325 g/mol. The van der Waals surface area contributed by atoms with E-state index < -0.39 is 0 Å². The Labute approximate surface area is 141 Å². The fourth-order valence-corrected chi connectivity index (χ4v) is 2.90. The van der Waals surface area contributed by atoms with Crippen molar-refractivity contribution in [2.45, 2.75) is 33.2 Å². The zero-order chi connectivity index (χ0) is 16.9. The first-order chi connectivity index (χ1) is 11.7. The van der Waals surface area contributed by atoms with Gasteiger partial charge in [-0.3, -0.25) is 4.79 Å². The van der Waals surface area contributed by atoms with Crippen molar-refractivity contribution in [3.05, 3.63) is 36.4 Å². The molecule has 1 aromatic heterocycles. The van der Waals surface area contributed by atoms with E-state index in [0.717, 1.165) is 41.8 Å². The van der Waals surface area contributed by atoms with E-state index in [0.29, 0.717) is 6.61 Å². The van der Waals surface area contributed by atoms with Crippen molar-refractivity contribution in [3.63, 3.8) is 0 Å². The monoisotopic (exact) mass is 325 g/mol. The Morgan fingerprint density at radius 1 is 1.21 bits per heavy atom. The van der Waals surface area contributed by atoms with Crippen LogP contribution in [0.1, 0.15) is 26.7 Å². The molecule has 3 aromatic rings. The number of nitrogens with zero attached hydrogens (tertiary/aromatic N) is 2. The van der Waals surface area contributed by atoms with Crippen molar-refractivity contribution < 1.29 is 9.53 Å². The number of ether oxygens (including phenoxy) is 1. The molecular weight excluding hydrogens is 302 g/mol. The van der Waals surface area contributed by atoms with Crippen LogP contribution < -0.4 is 5.32 Å². The number of anilines is 1. The summed E-state index contributed by atoms with van der Waals surface area (Å²) < 4.78 is 7.15. The fourth-order valence-electron chi connectivity index (χ4n) is 2.90. The van der Waals surface area contributed by atoms with Gasteiger partial charge in [0.1, 0.15) is 6.54 Å². The van der Waals surface area contributed by atoms with E-state index in [1.165, 1.54) is 5.39 Å². The molecular formula is C19H23N3O2. The largest absolute Gasteiger partial charge is 0.465 e. The number of hydrogen-bond acceptors (Lipinski definition) is 4. The van der Waals surface area contributed by atoms with E-state index in [9.17, 15) is 4.79 Å². The van der Waals surface area contributed by atoms with Crippen LogP contribution in [0, 0.1) is 0 Å². The Balaban J connectivity index is 2.02. The second-order valence-electron chi connectivity index (χ2n) is 5.75. The highest BCUT2D eigenvalue weighted by Crippen LogP contribution is 2.28. The molecule has 0 fully saturated rings. The molecule has 5 nitrogen and oxygen atoms in total. The third-order valence-electron chi connectivity index (χ3n) is 4.07. The Hall–Kier alpha value is -2.56. The Morgan fingerprint density at radius 2 is 2.04 bits per heavy atom. The minimum absolute atomic E-state index is 0.126.